The zero-order valence-electron chi connectivity index (χ0n) is 23.2. The summed E-state index contributed by atoms with van der Waals surface area (Å²) in [6.07, 6.45) is 6.07. The highest BCUT2D eigenvalue weighted by Crippen LogP contribution is 2.49. The Kier molecular flexibility index (Phi) is 6.03. The van der Waals surface area contributed by atoms with Crippen LogP contribution in [0.15, 0.2) is 36.8 Å². The van der Waals surface area contributed by atoms with Crippen molar-refractivity contribution in [1.29, 1.82) is 0 Å². The van der Waals surface area contributed by atoms with E-state index in [0.29, 0.717) is 13.1 Å². The molecule has 0 bridgehead atoms. The van der Waals surface area contributed by atoms with Gasteiger partial charge in [-0.05, 0) is 89.5 Å². The van der Waals surface area contributed by atoms with Gasteiger partial charge < -0.3 is 23.7 Å². The van der Waals surface area contributed by atoms with Gasteiger partial charge in [-0.3, -0.25) is 0 Å². The fourth-order valence-electron chi connectivity index (χ4n) is 6.50. The van der Waals surface area contributed by atoms with Crippen molar-refractivity contribution in [2.75, 3.05) is 6.54 Å². The van der Waals surface area contributed by atoms with Crippen LogP contribution in [0.5, 0.6) is 0 Å². The van der Waals surface area contributed by atoms with Gasteiger partial charge in [0.25, 0.3) is 0 Å². The molecule has 0 N–H and O–H groups in total. The van der Waals surface area contributed by atoms with Gasteiger partial charge in [-0.1, -0.05) is 18.2 Å². The van der Waals surface area contributed by atoms with Gasteiger partial charge in [-0.15, -0.1) is 0 Å². The highest BCUT2D eigenvalue weighted by molar-refractivity contribution is 5.78. The lowest BCUT2D eigenvalue weighted by Crippen LogP contribution is -2.40. The molecular weight excluding hydrogens is 480 g/mol. The van der Waals surface area contributed by atoms with Crippen LogP contribution in [0.2, 0.25) is 0 Å². The van der Waals surface area contributed by atoms with Crippen LogP contribution in [-0.4, -0.2) is 55.7 Å². The van der Waals surface area contributed by atoms with Crippen LogP contribution in [0.25, 0.3) is 11.0 Å². The van der Waals surface area contributed by atoms with Crippen LogP contribution >= 0.6 is 0 Å². The minimum atomic E-state index is -0.635. The van der Waals surface area contributed by atoms with E-state index in [1.165, 1.54) is 16.7 Å². The Balaban J connectivity index is 1.29. The van der Waals surface area contributed by atoms with Crippen LogP contribution < -0.4 is 0 Å². The summed E-state index contributed by atoms with van der Waals surface area (Å²) in [5.41, 5.74) is 5.26. The summed E-state index contributed by atoms with van der Waals surface area (Å²) < 4.78 is 21.0. The molecule has 1 saturated carbocycles. The summed E-state index contributed by atoms with van der Waals surface area (Å²) >= 11 is 0. The molecule has 8 nitrogen and oxygen atoms in total. The van der Waals surface area contributed by atoms with E-state index in [9.17, 15) is 4.79 Å². The van der Waals surface area contributed by atoms with Gasteiger partial charge in [-0.25, -0.2) is 14.8 Å². The van der Waals surface area contributed by atoms with Crippen LogP contribution in [0.4, 0.5) is 4.79 Å². The van der Waals surface area contributed by atoms with Crippen LogP contribution in [0, 0.1) is 12.8 Å². The number of carbonyl (C=O) groups is 1. The molecule has 4 heterocycles. The van der Waals surface area contributed by atoms with Crippen molar-refractivity contribution < 1.29 is 19.0 Å². The Morgan fingerprint density at radius 3 is 2.74 bits per heavy atom. The quantitative estimate of drug-likeness (QED) is 0.465. The molecule has 1 saturated heterocycles. The largest absolute Gasteiger partial charge is 0.444 e. The molecule has 4 atom stereocenters. The van der Waals surface area contributed by atoms with Crippen molar-refractivity contribution in [2.24, 2.45) is 5.92 Å². The fraction of sp³-hybridized carbons (Fsp3) is 0.567. The third-order valence-corrected chi connectivity index (χ3v) is 8.12. The number of hydrogen-bond acceptors (Lipinski definition) is 6. The Morgan fingerprint density at radius 1 is 1.16 bits per heavy atom. The van der Waals surface area contributed by atoms with Crippen molar-refractivity contribution in [1.82, 2.24) is 19.4 Å². The topological polar surface area (TPSA) is 78.7 Å². The number of nitrogens with zero attached hydrogens (tertiary/aromatic N) is 4. The number of aromatic nitrogens is 3. The summed E-state index contributed by atoms with van der Waals surface area (Å²) in [6, 6.07) is 8.78. The third kappa shape index (κ3) is 4.58. The van der Waals surface area contributed by atoms with E-state index in [1.54, 1.807) is 6.33 Å². The van der Waals surface area contributed by atoms with Crippen LogP contribution in [-0.2, 0) is 33.6 Å². The molecule has 0 unspecified atom stereocenters. The van der Waals surface area contributed by atoms with E-state index < -0.39 is 11.4 Å². The number of aryl methyl sites for hydroxylation is 1. The minimum Gasteiger partial charge on any atom is -0.444 e. The SMILES string of the molecule is Cc1ncnc2c1ccn2[C@@H]1C[C@H](Cc2cccc3c2CN(C(=O)OC(C)(C)C)CC3)[C@H]2OC(C)(C)O[C@H]21. The zero-order valence-corrected chi connectivity index (χ0v) is 23.2. The Morgan fingerprint density at radius 2 is 1.95 bits per heavy atom. The van der Waals surface area contributed by atoms with E-state index in [-0.39, 0.29) is 30.3 Å². The molecule has 1 amide bonds. The van der Waals surface area contributed by atoms with Gasteiger partial charge in [-0.2, -0.15) is 0 Å². The maximum Gasteiger partial charge on any atom is 0.410 e. The van der Waals surface area contributed by atoms with E-state index in [1.807, 2.05) is 46.4 Å². The first kappa shape index (κ1) is 25.3. The Hall–Kier alpha value is -2.97. The van der Waals surface area contributed by atoms with Crippen molar-refractivity contribution in [2.45, 2.75) is 97.0 Å². The van der Waals surface area contributed by atoms with Crippen molar-refractivity contribution in [3.63, 3.8) is 0 Å². The van der Waals surface area contributed by atoms with Gasteiger partial charge in [0.05, 0.1) is 17.8 Å². The standard InChI is InChI=1S/C30H38N4O4/c1-18-22-11-13-34(27(22)32-17-31-18)24-15-21(25-26(24)37-30(5,6)36-25)14-20-9-7-8-19-10-12-33(16-23(19)20)28(35)38-29(2,3)4/h7-9,11,13,17,21,24-26H,10,12,14-16H2,1-6H3/t21-,24+,25+,26-/m0/s1. The molecule has 202 valence electrons. The number of carbonyl (C=O) groups excluding carboxylic acids is 1. The Bertz CT molecular complexity index is 1370. The van der Waals surface area contributed by atoms with Gasteiger partial charge in [0, 0.05) is 24.7 Å². The predicted molar refractivity (Wildman–Crippen MR) is 144 cm³/mol. The highest BCUT2D eigenvalue weighted by Gasteiger charge is 2.54. The zero-order chi connectivity index (χ0) is 26.8. The van der Waals surface area contributed by atoms with Gasteiger partial charge in [0.2, 0.25) is 0 Å². The van der Waals surface area contributed by atoms with E-state index in [0.717, 1.165) is 36.0 Å². The molecule has 38 heavy (non-hydrogen) atoms. The van der Waals surface area contributed by atoms with Crippen molar-refractivity contribution >= 4 is 17.1 Å². The molecule has 1 aliphatic carbocycles. The summed E-state index contributed by atoms with van der Waals surface area (Å²) in [5.74, 6) is -0.362. The van der Waals surface area contributed by atoms with Crippen molar-refractivity contribution in [3.05, 3.63) is 59.2 Å². The molecule has 0 spiro atoms. The fourth-order valence-corrected chi connectivity index (χ4v) is 6.50. The lowest BCUT2D eigenvalue weighted by atomic mass is 9.88. The first-order valence-electron chi connectivity index (χ1n) is 13.7. The summed E-state index contributed by atoms with van der Waals surface area (Å²) in [7, 11) is 0. The molecule has 2 aromatic heterocycles. The number of benzene rings is 1. The second-order valence-electron chi connectivity index (χ2n) is 12.5. The average Bonchev–Trinajstić information content (AvgIpc) is 3.50. The highest BCUT2D eigenvalue weighted by atomic mass is 16.8. The molecule has 6 rings (SSSR count). The maximum absolute atomic E-state index is 12.9. The molecule has 1 aromatic carbocycles. The van der Waals surface area contributed by atoms with Gasteiger partial charge in [0.1, 0.15) is 23.7 Å². The molecule has 0 radical (unpaired) electrons. The monoisotopic (exact) mass is 518 g/mol. The maximum atomic E-state index is 12.9. The van der Waals surface area contributed by atoms with E-state index in [2.05, 4.69) is 45.0 Å². The smallest absolute Gasteiger partial charge is 0.410 e. The van der Waals surface area contributed by atoms with Gasteiger partial charge >= 0.3 is 6.09 Å². The van der Waals surface area contributed by atoms with E-state index in [4.69, 9.17) is 14.2 Å². The first-order valence-corrected chi connectivity index (χ1v) is 13.7. The second kappa shape index (κ2) is 9.06. The molecule has 3 aliphatic rings. The molecule has 8 heteroatoms. The minimum absolute atomic E-state index is 0.0169. The summed E-state index contributed by atoms with van der Waals surface area (Å²) in [4.78, 5) is 23.7. The lowest BCUT2D eigenvalue weighted by molar-refractivity contribution is -0.160. The first-order chi connectivity index (χ1) is 18.0. The number of rotatable bonds is 3. The van der Waals surface area contributed by atoms with Crippen LogP contribution in [0.3, 0.4) is 0 Å². The van der Waals surface area contributed by atoms with Gasteiger partial charge in [0.15, 0.2) is 5.79 Å². The number of amides is 1. The second-order valence-corrected chi connectivity index (χ2v) is 12.5. The van der Waals surface area contributed by atoms with Crippen molar-refractivity contribution in [3.8, 4) is 0 Å². The molecule has 3 aromatic rings. The molecule has 2 fully saturated rings. The summed E-state index contributed by atoms with van der Waals surface area (Å²) in [6.45, 7) is 13.0. The number of fused-ring (bicyclic) bond motifs is 3. The Labute approximate surface area is 224 Å². The number of hydrogen-bond donors (Lipinski definition) is 0. The third-order valence-electron chi connectivity index (χ3n) is 8.12. The number of ether oxygens (including phenoxy) is 3. The van der Waals surface area contributed by atoms with Crippen LogP contribution in [0.1, 0.15) is 69.5 Å². The average molecular weight is 519 g/mol. The van der Waals surface area contributed by atoms with E-state index >= 15 is 0 Å². The molecular formula is C30H38N4O4. The predicted octanol–water partition coefficient (Wildman–Crippen LogP) is 5.36. The molecule has 2 aliphatic heterocycles. The normalized spacial score (nSPS) is 26.4. The lowest BCUT2D eigenvalue weighted by Gasteiger charge is -2.33. The summed E-state index contributed by atoms with van der Waals surface area (Å²) in [5, 5.41) is 1.07.